The van der Waals surface area contributed by atoms with E-state index < -0.39 is 27.6 Å². The molecule has 0 bridgehead atoms. The first-order chi connectivity index (χ1) is 14.8. The summed E-state index contributed by atoms with van der Waals surface area (Å²) in [6.45, 7) is 6.05. The minimum absolute atomic E-state index is 0.0696. The number of nitrogens with one attached hydrogen (secondary N) is 1. The van der Waals surface area contributed by atoms with Crippen LogP contribution in [0.25, 0.3) is 0 Å². The molecule has 3 rings (SSSR count). The molecule has 1 saturated heterocycles. The second kappa shape index (κ2) is 9.74. The lowest BCUT2D eigenvalue weighted by Gasteiger charge is -2.28. The van der Waals surface area contributed by atoms with Gasteiger partial charge in [0.1, 0.15) is 11.6 Å². The molecular formula is C22H27F2N3O3S. The van der Waals surface area contributed by atoms with E-state index >= 15 is 0 Å². The number of piperidine rings is 1. The fraction of sp³-hybridized carbons (Fsp3) is 0.409. The molecule has 2 aromatic carbocycles. The molecule has 0 unspecified atom stereocenters. The third-order valence-electron chi connectivity index (χ3n) is 5.45. The van der Waals surface area contributed by atoms with Crippen LogP contribution in [-0.4, -0.2) is 44.8 Å². The number of amides is 1. The summed E-state index contributed by atoms with van der Waals surface area (Å²) >= 11 is 0. The Morgan fingerprint density at radius 2 is 1.71 bits per heavy atom. The summed E-state index contributed by atoms with van der Waals surface area (Å²) in [6, 6.07) is 7.30. The van der Waals surface area contributed by atoms with E-state index in [4.69, 9.17) is 0 Å². The van der Waals surface area contributed by atoms with E-state index in [1.165, 1.54) is 16.4 Å². The number of halogens is 2. The largest absolute Gasteiger partial charge is 0.370 e. The van der Waals surface area contributed by atoms with Crippen LogP contribution in [0.1, 0.15) is 43.5 Å². The van der Waals surface area contributed by atoms with Gasteiger partial charge in [0.2, 0.25) is 10.0 Å². The summed E-state index contributed by atoms with van der Waals surface area (Å²) in [7, 11) is -3.71. The van der Waals surface area contributed by atoms with Gasteiger partial charge in [-0.25, -0.2) is 17.2 Å². The molecule has 0 atom stereocenters. The molecule has 31 heavy (non-hydrogen) atoms. The van der Waals surface area contributed by atoms with Gasteiger partial charge in [0.05, 0.1) is 21.8 Å². The Labute approximate surface area is 181 Å². The molecule has 1 N–H and O–H groups in total. The average molecular weight is 452 g/mol. The lowest BCUT2D eigenvalue weighted by atomic mass is 10.1. The van der Waals surface area contributed by atoms with Crippen LogP contribution in [0.4, 0.5) is 20.2 Å². The number of benzene rings is 2. The van der Waals surface area contributed by atoms with Crippen molar-refractivity contribution in [1.29, 1.82) is 0 Å². The van der Waals surface area contributed by atoms with Gasteiger partial charge in [-0.2, -0.15) is 4.31 Å². The van der Waals surface area contributed by atoms with E-state index in [1.807, 2.05) is 18.7 Å². The van der Waals surface area contributed by atoms with Crippen molar-refractivity contribution in [3.8, 4) is 0 Å². The maximum absolute atomic E-state index is 14.1. The molecule has 9 heteroatoms. The molecule has 1 fully saturated rings. The molecule has 1 amide bonds. The third-order valence-corrected chi connectivity index (χ3v) is 7.34. The molecule has 6 nitrogen and oxygen atoms in total. The Hall–Kier alpha value is -2.52. The molecule has 0 aromatic heterocycles. The van der Waals surface area contributed by atoms with E-state index in [1.54, 1.807) is 6.07 Å². The van der Waals surface area contributed by atoms with Crippen LogP contribution >= 0.6 is 0 Å². The van der Waals surface area contributed by atoms with Crippen LogP contribution in [-0.2, 0) is 10.0 Å². The minimum atomic E-state index is -3.71. The normalized spacial score (nSPS) is 15.0. The van der Waals surface area contributed by atoms with Crippen LogP contribution in [0.15, 0.2) is 41.3 Å². The number of hydrogen-bond acceptors (Lipinski definition) is 4. The Morgan fingerprint density at radius 1 is 1.03 bits per heavy atom. The molecule has 0 spiro atoms. The number of hydrogen-bond donors (Lipinski definition) is 1. The standard InChI is InChI=1S/C22H27F2N3O3S/c1-3-26(4-2)21-11-9-17(31(29,30)27-12-6-5-7-13-27)15-20(21)25-22(28)18-10-8-16(23)14-19(18)24/h8-11,14-15H,3-7,12-13H2,1-2H3,(H,25,28). The molecule has 2 aromatic rings. The predicted octanol–water partition coefficient (Wildman–Crippen LogP) is 4.24. The zero-order valence-electron chi connectivity index (χ0n) is 17.7. The first-order valence-corrected chi connectivity index (χ1v) is 11.9. The SMILES string of the molecule is CCN(CC)c1ccc(S(=O)(=O)N2CCCCC2)cc1NC(=O)c1ccc(F)cc1F. The smallest absolute Gasteiger partial charge is 0.258 e. The maximum Gasteiger partial charge on any atom is 0.258 e. The number of rotatable bonds is 7. The Morgan fingerprint density at radius 3 is 2.32 bits per heavy atom. The van der Waals surface area contributed by atoms with E-state index in [0.29, 0.717) is 37.9 Å². The highest BCUT2D eigenvalue weighted by Gasteiger charge is 2.27. The summed E-state index contributed by atoms with van der Waals surface area (Å²) in [6.07, 6.45) is 2.62. The Bertz CT molecular complexity index is 1050. The van der Waals surface area contributed by atoms with Gasteiger partial charge in [-0.15, -0.1) is 0 Å². The van der Waals surface area contributed by atoms with Crippen molar-refractivity contribution in [2.75, 3.05) is 36.4 Å². The Balaban J connectivity index is 2.00. The number of carbonyl (C=O) groups is 1. The quantitative estimate of drug-likeness (QED) is 0.684. The van der Waals surface area contributed by atoms with E-state index in [2.05, 4.69) is 5.32 Å². The van der Waals surface area contributed by atoms with Gasteiger partial charge in [-0.05, 0) is 57.0 Å². The predicted molar refractivity (Wildman–Crippen MR) is 117 cm³/mol. The fourth-order valence-corrected chi connectivity index (χ4v) is 5.28. The molecule has 1 aliphatic rings. The van der Waals surface area contributed by atoms with E-state index in [0.717, 1.165) is 31.4 Å². The summed E-state index contributed by atoms with van der Waals surface area (Å²) in [5, 5.41) is 2.63. The monoisotopic (exact) mass is 451 g/mol. The van der Waals surface area contributed by atoms with Crippen LogP contribution in [0.2, 0.25) is 0 Å². The average Bonchev–Trinajstić information content (AvgIpc) is 2.76. The number of nitrogens with zero attached hydrogens (tertiary/aromatic N) is 2. The van der Waals surface area contributed by atoms with Gasteiger partial charge in [0.25, 0.3) is 5.91 Å². The van der Waals surface area contributed by atoms with Crippen molar-refractivity contribution >= 4 is 27.3 Å². The fourth-order valence-electron chi connectivity index (χ4n) is 3.73. The summed E-state index contributed by atoms with van der Waals surface area (Å²) < 4.78 is 55.0. The topological polar surface area (TPSA) is 69.7 Å². The highest BCUT2D eigenvalue weighted by atomic mass is 32.2. The first-order valence-electron chi connectivity index (χ1n) is 10.4. The van der Waals surface area contributed by atoms with Crippen LogP contribution in [0.5, 0.6) is 0 Å². The van der Waals surface area contributed by atoms with Crippen LogP contribution in [0, 0.1) is 11.6 Å². The first kappa shape index (κ1) is 23.1. The molecular weight excluding hydrogens is 424 g/mol. The van der Waals surface area contributed by atoms with Crippen LogP contribution < -0.4 is 10.2 Å². The lowest BCUT2D eigenvalue weighted by molar-refractivity contribution is 0.102. The molecule has 0 aliphatic carbocycles. The van der Waals surface area contributed by atoms with Crippen molar-refractivity contribution in [2.45, 2.75) is 38.0 Å². The number of sulfonamides is 1. The highest BCUT2D eigenvalue weighted by Crippen LogP contribution is 2.31. The third kappa shape index (κ3) is 5.04. The van der Waals surface area contributed by atoms with Crippen LogP contribution in [0.3, 0.4) is 0 Å². The van der Waals surface area contributed by atoms with Crippen molar-refractivity contribution in [1.82, 2.24) is 4.31 Å². The van der Waals surface area contributed by atoms with Gasteiger partial charge in [0, 0.05) is 32.2 Å². The summed E-state index contributed by atoms with van der Waals surface area (Å²) in [5.74, 6) is -2.55. The molecule has 0 saturated carbocycles. The summed E-state index contributed by atoms with van der Waals surface area (Å²) in [4.78, 5) is 14.7. The maximum atomic E-state index is 14.1. The Kier molecular flexibility index (Phi) is 7.27. The van der Waals surface area contributed by atoms with E-state index in [-0.39, 0.29) is 16.1 Å². The lowest BCUT2D eigenvalue weighted by Crippen LogP contribution is -2.35. The molecule has 1 aliphatic heterocycles. The minimum Gasteiger partial charge on any atom is -0.370 e. The molecule has 1 heterocycles. The molecule has 0 radical (unpaired) electrons. The zero-order chi connectivity index (χ0) is 22.6. The second-order valence-corrected chi connectivity index (χ2v) is 9.33. The zero-order valence-corrected chi connectivity index (χ0v) is 18.5. The summed E-state index contributed by atoms with van der Waals surface area (Å²) in [5.41, 5.74) is 0.560. The number of carbonyl (C=O) groups excluding carboxylic acids is 1. The van der Waals surface area contributed by atoms with Gasteiger partial charge < -0.3 is 10.2 Å². The van der Waals surface area contributed by atoms with Crippen molar-refractivity contribution in [3.63, 3.8) is 0 Å². The second-order valence-electron chi connectivity index (χ2n) is 7.39. The van der Waals surface area contributed by atoms with Crippen molar-refractivity contribution in [3.05, 3.63) is 53.6 Å². The van der Waals surface area contributed by atoms with Crippen molar-refractivity contribution in [2.24, 2.45) is 0 Å². The highest BCUT2D eigenvalue weighted by molar-refractivity contribution is 7.89. The van der Waals surface area contributed by atoms with Gasteiger partial charge in [-0.3, -0.25) is 4.79 Å². The van der Waals surface area contributed by atoms with Gasteiger partial charge in [-0.1, -0.05) is 6.42 Å². The number of anilines is 2. The molecule has 168 valence electrons. The van der Waals surface area contributed by atoms with Gasteiger partial charge >= 0.3 is 0 Å². The van der Waals surface area contributed by atoms with E-state index in [9.17, 15) is 22.0 Å². The van der Waals surface area contributed by atoms with Gasteiger partial charge in [0.15, 0.2) is 0 Å². The van der Waals surface area contributed by atoms with Crippen molar-refractivity contribution < 1.29 is 22.0 Å².